The van der Waals surface area contributed by atoms with Gasteiger partial charge in [-0.3, -0.25) is 0 Å². The Bertz CT molecular complexity index is 387. The van der Waals surface area contributed by atoms with E-state index in [1.54, 1.807) is 6.07 Å². The first-order chi connectivity index (χ1) is 7.50. The number of amides is 1. The highest BCUT2D eigenvalue weighted by atomic mass is 127. The third kappa shape index (κ3) is 4.35. The molecule has 1 unspecified atom stereocenters. The summed E-state index contributed by atoms with van der Waals surface area (Å²) in [5.74, 6) is 0. The third-order valence-electron chi connectivity index (χ3n) is 1.98. The van der Waals surface area contributed by atoms with Crippen molar-refractivity contribution in [3.63, 3.8) is 0 Å². The second-order valence-electron chi connectivity index (χ2n) is 3.16. The van der Waals surface area contributed by atoms with Crippen molar-refractivity contribution in [3.8, 4) is 0 Å². The van der Waals surface area contributed by atoms with E-state index in [4.69, 9.17) is 28.3 Å². The molecule has 88 valence electrons. The highest BCUT2D eigenvalue weighted by Gasteiger charge is 2.09. The van der Waals surface area contributed by atoms with Gasteiger partial charge in [-0.1, -0.05) is 51.9 Å². The molecule has 0 aliphatic rings. The van der Waals surface area contributed by atoms with Crippen LogP contribution in [0, 0.1) is 0 Å². The zero-order chi connectivity index (χ0) is 12.1. The first-order valence-electron chi connectivity index (χ1n) is 4.56. The van der Waals surface area contributed by atoms with E-state index in [0.717, 1.165) is 5.56 Å². The normalized spacial score (nSPS) is 12.2. The molecule has 0 spiro atoms. The molecule has 1 amide bonds. The minimum Gasteiger partial charge on any atom is -0.465 e. The van der Waals surface area contributed by atoms with Gasteiger partial charge in [0.15, 0.2) is 0 Å². The Labute approximate surface area is 117 Å². The van der Waals surface area contributed by atoms with Gasteiger partial charge >= 0.3 is 6.09 Å². The lowest BCUT2D eigenvalue weighted by Crippen LogP contribution is -2.22. The number of carbonyl (C=O) groups is 1. The minimum absolute atomic E-state index is 0.208. The zero-order valence-corrected chi connectivity index (χ0v) is 11.9. The van der Waals surface area contributed by atoms with Gasteiger partial charge < -0.3 is 10.4 Å². The number of carboxylic acid groups (broad SMARTS) is 1. The minimum atomic E-state index is -1.00. The highest BCUT2D eigenvalue weighted by molar-refractivity contribution is 14.1. The lowest BCUT2D eigenvalue weighted by atomic mass is 10.1. The highest BCUT2D eigenvalue weighted by Crippen LogP contribution is 2.31. The summed E-state index contributed by atoms with van der Waals surface area (Å²) < 4.78 is 0.208. The largest absolute Gasteiger partial charge is 0.465 e. The standard InChI is InChI=1S/C10H10Cl2INO2/c11-7-2-1-6(5-8(7)12)9(13)3-4-14-10(15)16/h1-2,5,9,14H,3-4H2,(H,15,16). The summed E-state index contributed by atoms with van der Waals surface area (Å²) in [5, 5.41) is 11.8. The van der Waals surface area contributed by atoms with Gasteiger partial charge in [0, 0.05) is 10.5 Å². The van der Waals surface area contributed by atoms with E-state index in [0.29, 0.717) is 23.0 Å². The molecule has 6 heteroatoms. The van der Waals surface area contributed by atoms with E-state index in [1.165, 1.54) is 0 Å². The van der Waals surface area contributed by atoms with Gasteiger partial charge in [0.2, 0.25) is 0 Å². The van der Waals surface area contributed by atoms with Crippen LogP contribution in [0.25, 0.3) is 0 Å². The van der Waals surface area contributed by atoms with Crippen molar-refractivity contribution in [3.05, 3.63) is 33.8 Å². The van der Waals surface area contributed by atoms with Gasteiger partial charge in [-0.2, -0.15) is 0 Å². The number of nitrogens with one attached hydrogen (secondary N) is 1. The van der Waals surface area contributed by atoms with Gasteiger partial charge in [-0.05, 0) is 24.1 Å². The molecular formula is C10H10Cl2INO2. The van der Waals surface area contributed by atoms with E-state index in [9.17, 15) is 4.79 Å². The molecule has 0 saturated carbocycles. The van der Waals surface area contributed by atoms with Crippen LogP contribution in [0.4, 0.5) is 4.79 Å². The van der Waals surface area contributed by atoms with Crippen molar-refractivity contribution < 1.29 is 9.90 Å². The molecule has 0 fully saturated rings. The molecule has 1 aromatic rings. The van der Waals surface area contributed by atoms with Crippen molar-refractivity contribution in [2.45, 2.75) is 10.3 Å². The maximum atomic E-state index is 10.3. The summed E-state index contributed by atoms with van der Waals surface area (Å²) in [4.78, 5) is 10.3. The van der Waals surface area contributed by atoms with Crippen molar-refractivity contribution in [1.82, 2.24) is 5.32 Å². The molecule has 0 bridgehead atoms. The first-order valence-corrected chi connectivity index (χ1v) is 6.56. The average Bonchev–Trinajstić information content (AvgIpc) is 2.21. The number of hydrogen-bond donors (Lipinski definition) is 2. The molecular weight excluding hydrogens is 364 g/mol. The molecule has 0 aliphatic heterocycles. The SMILES string of the molecule is O=C(O)NCCC(I)c1ccc(Cl)c(Cl)c1. The van der Waals surface area contributed by atoms with E-state index in [-0.39, 0.29) is 3.92 Å². The molecule has 1 rings (SSSR count). The van der Waals surface area contributed by atoms with Crippen LogP contribution in [0.2, 0.25) is 10.0 Å². The molecule has 16 heavy (non-hydrogen) atoms. The predicted octanol–water partition coefficient (Wildman–Crippen LogP) is 4.13. The molecule has 1 aromatic carbocycles. The Kier molecular flexibility index (Phi) is 5.64. The number of halogens is 3. The number of benzene rings is 1. The number of hydrogen-bond acceptors (Lipinski definition) is 1. The predicted molar refractivity (Wildman–Crippen MR) is 73.9 cm³/mol. The van der Waals surface area contributed by atoms with Gasteiger partial charge in [0.25, 0.3) is 0 Å². The van der Waals surface area contributed by atoms with E-state index in [2.05, 4.69) is 27.9 Å². The summed E-state index contributed by atoms with van der Waals surface area (Å²) >= 11 is 14.0. The maximum Gasteiger partial charge on any atom is 0.404 e. The molecule has 1 atom stereocenters. The van der Waals surface area contributed by atoms with Crippen molar-refractivity contribution in [2.24, 2.45) is 0 Å². The third-order valence-corrected chi connectivity index (χ3v) is 4.06. The quantitative estimate of drug-likeness (QED) is 0.615. The fraction of sp³-hybridized carbons (Fsp3) is 0.300. The number of alkyl halides is 1. The summed E-state index contributed by atoms with van der Waals surface area (Å²) in [5.41, 5.74) is 1.04. The lowest BCUT2D eigenvalue weighted by Gasteiger charge is -2.10. The van der Waals surface area contributed by atoms with Gasteiger partial charge in [0.05, 0.1) is 10.0 Å². The van der Waals surface area contributed by atoms with Crippen LogP contribution >= 0.6 is 45.8 Å². The van der Waals surface area contributed by atoms with Gasteiger partial charge in [-0.15, -0.1) is 0 Å². The Morgan fingerprint density at radius 1 is 1.44 bits per heavy atom. The van der Waals surface area contributed by atoms with Crippen LogP contribution in [0.15, 0.2) is 18.2 Å². The summed E-state index contributed by atoms with van der Waals surface area (Å²) in [7, 11) is 0. The van der Waals surface area contributed by atoms with Crippen LogP contribution < -0.4 is 5.32 Å². The van der Waals surface area contributed by atoms with Crippen LogP contribution in [-0.2, 0) is 0 Å². The van der Waals surface area contributed by atoms with Crippen molar-refractivity contribution >= 4 is 51.9 Å². The molecule has 0 radical (unpaired) electrons. The molecule has 3 nitrogen and oxygen atoms in total. The van der Waals surface area contributed by atoms with E-state index < -0.39 is 6.09 Å². The molecule has 2 N–H and O–H groups in total. The van der Waals surface area contributed by atoms with Gasteiger partial charge in [-0.25, -0.2) is 4.79 Å². The zero-order valence-electron chi connectivity index (χ0n) is 8.21. The second-order valence-corrected chi connectivity index (χ2v) is 5.48. The Hall–Kier alpha value is -0.200. The smallest absolute Gasteiger partial charge is 0.404 e. The molecule has 0 heterocycles. The van der Waals surface area contributed by atoms with Crippen LogP contribution in [0.5, 0.6) is 0 Å². The fourth-order valence-corrected chi connectivity index (χ4v) is 2.19. The molecule has 0 saturated heterocycles. The lowest BCUT2D eigenvalue weighted by molar-refractivity contribution is 0.194. The Balaban J connectivity index is 2.55. The summed E-state index contributed by atoms with van der Waals surface area (Å²) in [6.45, 7) is 0.420. The maximum absolute atomic E-state index is 10.3. The average molecular weight is 374 g/mol. The van der Waals surface area contributed by atoms with Crippen molar-refractivity contribution in [2.75, 3.05) is 6.54 Å². The van der Waals surface area contributed by atoms with E-state index >= 15 is 0 Å². The first kappa shape index (κ1) is 13.9. The van der Waals surface area contributed by atoms with Crippen molar-refractivity contribution in [1.29, 1.82) is 0 Å². The van der Waals surface area contributed by atoms with Crippen LogP contribution in [0.3, 0.4) is 0 Å². The van der Waals surface area contributed by atoms with E-state index in [1.807, 2.05) is 12.1 Å². The second kappa shape index (κ2) is 6.51. The molecule has 0 aliphatic carbocycles. The summed E-state index contributed by atoms with van der Waals surface area (Å²) in [6, 6.07) is 5.45. The van der Waals surface area contributed by atoms with Gasteiger partial charge in [0.1, 0.15) is 0 Å². The topological polar surface area (TPSA) is 49.3 Å². The Morgan fingerprint density at radius 2 is 2.12 bits per heavy atom. The fourth-order valence-electron chi connectivity index (χ4n) is 1.18. The molecule has 0 aromatic heterocycles. The van der Waals surface area contributed by atoms with Crippen LogP contribution in [0.1, 0.15) is 15.9 Å². The monoisotopic (exact) mass is 373 g/mol. The van der Waals surface area contributed by atoms with Crippen LogP contribution in [-0.4, -0.2) is 17.7 Å². The Morgan fingerprint density at radius 3 is 2.69 bits per heavy atom. The summed E-state index contributed by atoms with van der Waals surface area (Å²) in [6.07, 6.45) is -0.289. The number of rotatable bonds is 4.